The second-order valence-corrected chi connectivity index (χ2v) is 7.13. The molecule has 9 heteroatoms. The molecule has 2 amide bonds. The molecule has 2 atom stereocenters. The van der Waals surface area contributed by atoms with Gasteiger partial charge in [-0.2, -0.15) is 5.10 Å². The molecule has 2 aromatic heterocycles. The third-order valence-corrected chi connectivity index (χ3v) is 5.25. The molecule has 154 valence electrons. The summed E-state index contributed by atoms with van der Waals surface area (Å²) >= 11 is 0. The Hall–Kier alpha value is -2.94. The van der Waals surface area contributed by atoms with Crippen LogP contribution >= 0.6 is 0 Å². The fourth-order valence-electron chi connectivity index (χ4n) is 3.74. The molecule has 0 saturated carbocycles. The first kappa shape index (κ1) is 19.4. The van der Waals surface area contributed by atoms with Gasteiger partial charge in [0.1, 0.15) is 23.6 Å². The molecule has 9 nitrogen and oxygen atoms in total. The van der Waals surface area contributed by atoms with Crippen molar-refractivity contribution >= 4 is 11.8 Å². The van der Waals surface area contributed by atoms with Crippen molar-refractivity contribution in [2.24, 2.45) is 0 Å². The van der Waals surface area contributed by atoms with E-state index in [1.54, 1.807) is 45.2 Å². The van der Waals surface area contributed by atoms with Crippen molar-refractivity contribution in [2.45, 2.75) is 32.0 Å². The standard InChI is InChI=1S/C20H25N5O4/c1-2-24-7-5-17(22-24)19(26)25-14-16(29-15-4-3-6-21-13-15)12-18(25)20(27)23-8-10-28-11-9-23/h3-7,13,16,18H,2,8-12,14H2,1H3/t16-,18+/m0/s1. The zero-order valence-corrected chi connectivity index (χ0v) is 16.4. The Bertz CT molecular complexity index is 850. The number of nitrogens with zero attached hydrogens (tertiary/aromatic N) is 5. The Labute approximate surface area is 169 Å². The van der Waals surface area contributed by atoms with E-state index < -0.39 is 6.04 Å². The number of carbonyl (C=O) groups excluding carboxylic acids is 2. The maximum Gasteiger partial charge on any atom is 0.275 e. The molecule has 29 heavy (non-hydrogen) atoms. The van der Waals surface area contributed by atoms with E-state index in [1.165, 1.54) is 0 Å². The van der Waals surface area contributed by atoms with Crippen LogP contribution in [0.1, 0.15) is 23.8 Å². The lowest BCUT2D eigenvalue weighted by Gasteiger charge is -2.32. The van der Waals surface area contributed by atoms with Crippen LogP contribution in [0, 0.1) is 0 Å². The van der Waals surface area contributed by atoms with Crippen LogP contribution < -0.4 is 4.74 Å². The van der Waals surface area contributed by atoms with Gasteiger partial charge in [-0.05, 0) is 25.1 Å². The van der Waals surface area contributed by atoms with Crippen LogP contribution in [0.5, 0.6) is 5.75 Å². The topological polar surface area (TPSA) is 89.8 Å². The first-order chi connectivity index (χ1) is 14.2. The van der Waals surface area contributed by atoms with Gasteiger partial charge < -0.3 is 19.3 Å². The predicted octanol–water partition coefficient (Wildman–Crippen LogP) is 0.819. The lowest BCUT2D eigenvalue weighted by molar-refractivity contribution is -0.139. The molecule has 0 radical (unpaired) electrons. The van der Waals surface area contributed by atoms with E-state index in [2.05, 4.69) is 10.1 Å². The van der Waals surface area contributed by atoms with E-state index in [0.717, 1.165) is 0 Å². The molecular formula is C20H25N5O4. The molecule has 2 fully saturated rings. The first-order valence-electron chi connectivity index (χ1n) is 9.93. The van der Waals surface area contributed by atoms with Gasteiger partial charge in [-0.25, -0.2) is 0 Å². The third kappa shape index (κ3) is 4.24. The monoisotopic (exact) mass is 399 g/mol. The van der Waals surface area contributed by atoms with E-state index in [1.807, 2.05) is 13.0 Å². The summed E-state index contributed by atoms with van der Waals surface area (Å²) in [6, 6.07) is 4.73. The van der Waals surface area contributed by atoms with Gasteiger partial charge in [0, 0.05) is 38.4 Å². The highest BCUT2D eigenvalue weighted by Crippen LogP contribution is 2.26. The van der Waals surface area contributed by atoms with Gasteiger partial charge in [-0.3, -0.25) is 19.3 Å². The van der Waals surface area contributed by atoms with Crippen molar-refractivity contribution in [3.8, 4) is 5.75 Å². The highest BCUT2D eigenvalue weighted by atomic mass is 16.5. The number of likely N-dealkylation sites (tertiary alicyclic amines) is 1. The SMILES string of the molecule is CCn1ccc(C(=O)N2C[C@@H](Oc3cccnc3)C[C@@H]2C(=O)N2CCOCC2)n1. The summed E-state index contributed by atoms with van der Waals surface area (Å²) in [5, 5.41) is 4.32. The molecule has 4 rings (SSSR count). The summed E-state index contributed by atoms with van der Waals surface area (Å²) in [6.07, 6.45) is 5.22. The number of amides is 2. The second kappa shape index (κ2) is 8.60. The van der Waals surface area contributed by atoms with E-state index in [4.69, 9.17) is 9.47 Å². The normalized spacial score (nSPS) is 22.0. The molecule has 4 heterocycles. The largest absolute Gasteiger partial charge is 0.487 e. The van der Waals surface area contributed by atoms with Crippen LogP contribution in [0.3, 0.4) is 0 Å². The zero-order chi connectivity index (χ0) is 20.2. The van der Waals surface area contributed by atoms with Crippen molar-refractivity contribution < 1.29 is 19.1 Å². The van der Waals surface area contributed by atoms with Crippen LogP contribution in [0.15, 0.2) is 36.8 Å². The van der Waals surface area contributed by atoms with Crippen LogP contribution in [0.4, 0.5) is 0 Å². The Kier molecular flexibility index (Phi) is 5.75. The van der Waals surface area contributed by atoms with Crippen LogP contribution in [0.25, 0.3) is 0 Å². The summed E-state index contributed by atoms with van der Waals surface area (Å²) in [5.41, 5.74) is 0.341. The number of carbonyl (C=O) groups is 2. The van der Waals surface area contributed by atoms with Crippen molar-refractivity contribution in [1.29, 1.82) is 0 Å². The highest BCUT2D eigenvalue weighted by molar-refractivity contribution is 5.96. The quantitative estimate of drug-likeness (QED) is 0.740. The van der Waals surface area contributed by atoms with Gasteiger partial charge in [-0.15, -0.1) is 0 Å². The van der Waals surface area contributed by atoms with Gasteiger partial charge in [-0.1, -0.05) is 0 Å². The molecule has 0 aliphatic carbocycles. The minimum Gasteiger partial charge on any atom is -0.487 e. The van der Waals surface area contributed by atoms with Crippen molar-refractivity contribution in [3.05, 3.63) is 42.5 Å². The Morgan fingerprint density at radius 3 is 2.79 bits per heavy atom. The highest BCUT2D eigenvalue weighted by Gasteiger charge is 2.43. The first-order valence-corrected chi connectivity index (χ1v) is 9.93. The minimum absolute atomic E-state index is 0.0612. The number of rotatable bonds is 5. The summed E-state index contributed by atoms with van der Waals surface area (Å²) in [7, 11) is 0. The van der Waals surface area contributed by atoms with Gasteiger partial charge in [0.15, 0.2) is 0 Å². The zero-order valence-electron chi connectivity index (χ0n) is 16.4. The summed E-state index contributed by atoms with van der Waals surface area (Å²) in [4.78, 5) is 33.8. The molecule has 0 spiro atoms. The van der Waals surface area contributed by atoms with Gasteiger partial charge in [0.2, 0.25) is 5.91 Å². The Balaban J connectivity index is 1.54. The summed E-state index contributed by atoms with van der Waals surface area (Å²) in [6.45, 7) is 5.07. The Morgan fingerprint density at radius 2 is 2.10 bits per heavy atom. The number of hydrogen-bond acceptors (Lipinski definition) is 6. The molecule has 0 bridgehead atoms. The number of ether oxygens (including phenoxy) is 2. The fourth-order valence-corrected chi connectivity index (χ4v) is 3.74. The number of aryl methyl sites for hydroxylation is 1. The number of hydrogen-bond donors (Lipinski definition) is 0. The van der Waals surface area contributed by atoms with E-state index in [9.17, 15) is 9.59 Å². The number of morpholine rings is 1. The van der Waals surface area contributed by atoms with Crippen molar-refractivity contribution in [2.75, 3.05) is 32.8 Å². The van der Waals surface area contributed by atoms with Gasteiger partial charge in [0.05, 0.1) is 26.0 Å². The van der Waals surface area contributed by atoms with E-state index in [0.29, 0.717) is 57.3 Å². The number of pyridine rings is 1. The molecule has 2 saturated heterocycles. The fraction of sp³-hybridized carbons (Fsp3) is 0.500. The van der Waals surface area contributed by atoms with Crippen LogP contribution in [-0.4, -0.2) is 81.4 Å². The lowest BCUT2D eigenvalue weighted by atomic mass is 10.1. The summed E-state index contributed by atoms with van der Waals surface area (Å²) in [5.74, 6) is 0.314. The smallest absolute Gasteiger partial charge is 0.275 e. The van der Waals surface area contributed by atoms with E-state index >= 15 is 0 Å². The van der Waals surface area contributed by atoms with Gasteiger partial charge in [0.25, 0.3) is 5.91 Å². The molecule has 0 N–H and O–H groups in total. The predicted molar refractivity (Wildman–Crippen MR) is 103 cm³/mol. The van der Waals surface area contributed by atoms with Crippen molar-refractivity contribution in [3.63, 3.8) is 0 Å². The summed E-state index contributed by atoms with van der Waals surface area (Å²) < 4.78 is 13.1. The maximum atomic E-state index is 13.2. The molecule has 0 aromatic carbocycles. The Morgan fingerprint density at radius 1 is 1.28 bits per heavy atom. The minimum atomic E-state index is -0.575. The lowest BCUT2D eigenvalue weighted by Crippen LogP contribution is -2.51. The third-order valence-electron chi connectivity index (χ3n) is 5.25. The second-order valence-electron chi connectivity index (χ2n) is 7.13. The molecule has 0 unspecified atom stereocenters. The van der Waals surface area contributed by atoms with E-state index in [-0.39, 0.29) is 17.9 Å². The van der Waals surface area contributed by atoms with Crippen LogP contribution in [-0.2, 0) is 16.1 Å². The maximum absolute atomic E-state index is 13.2. The van der Waals surface area contributed by atoms with Crippen LogP contribution in [0.2, 0.25) is 0 Å². The average molecular weight is 399 g/mol. The molecule has 2 aromatic rings. The average Bonchev–Trinajstić information content (AvgIpc) is 3.41. The number of aromatic nitrogens is 3. The molecule has 2 aliphatic rings. The van der Waals surface area contributed by atoms with Crippen molar-refractivity contribution in [1.82, 2.24) is 24.6 Å². The molecular weight excluding hydrogens is 374 g/mol. The molecule has 2 aliphatic heterocycles. The van der Waals surface area contributed by atoms with Gasteiger partial charge >= 0.3 is 0 Å².